The summed E-state index contributed by atoms with van der Waals surface area (Å²) in [4.78, 5) is 23.5. The van der Waals surface area contributed by atoms with Gasteiger partial charge >= 0.3 is 5.97 Å². The molecule has 0 aromatic heterocycles. The molecule has 2 aliphatic rings. The molecule has 21 heavy (non-hydrogen) atoms. The number of hydrogen-bond acceptors (Lipinski definition) is 3. The smallest absolute Gasteiger partial charge is 0.310 e. The van der Waals surface area contributed by atoms with Crippen LogP contribution < -0.4 is 5.32 Å². The molecule has 2 fully saturated rings. The van der Waals surface area contributed by atoms with E-state index in [2.05, 4.69) is 5.32 Å². The van der Waals surface area contributed by atoms with E-state index in [0.29, 0.717) is 18.9 Å². The van der Waals surface area contributed by atoms with Crippen LogP contribution in [0.1, 0.15) is 12.8 Å². The number of ether oxygens (including phenoxy) is 1. The van der Waals surface area contributed by atoms with E-state index in [4.69, 9.17) is 4.74 Å². The van der Waals surface area contributed by atoms with Crippen LogP contribution >= 0.6 is 0 Å². The monoisotopic (exact) mass is 297 g/mol. The SMILES string of the molecule is O=C(O)[C@@H]1[C@@H](C(=O)Nc2ccc(F)cc2F)[C@@H]2CC[C@@H]1O2. The van der Waals surface area contributed by atoms with Crippen LogP contribution in [0.3, 0.4) is 0 Å². The molecule has 3 rings (SSSR count). The predicted molar refractivity (Wildman–Crippen MR) is 67.5 cm³/mol. The first kappa shape index (κ1) is 13.9. The third-order valence-electron chi connectivity index (χ3n) is 4.05. The van der Waals surface area contributed by atoms with Gasteiger partial charge in [0.15, 0.2) is 0 Å². The van der Waals surface area contributed by atoms with Crippen molar-refractivity contribution in [1.29, 1.82) is 0 Å². The number of carbonyl (C=O) groups is 2. The van der Waals surface area contributed by atoms with Crippen LogP contribution in [-0.4, -0.2) is 29.2 Å². The Labute approximate surface area is 118 Å². The Morgan fingerprint density at radius 2 is 1.86 bits per heavy atom. The Morgan fingerprint density at radius 1 is 1.19 bits per heavy atom. The number of aliphatic carboxylic acids is 1. The summed E-state index contributed by atoms with van der Waals surface area (Å²) in [5.74, 6) is -5.14. The van der Waals surface area contributed by atoms with Gasteiger partial charge in [-0.3, -0.25) is 9.59 Å². The number of nitrogens with one attached hydrogen (secondary N) is 1. The molecule has 2 heterocycles. The van der Waals surface area contributed by atoms with Crippen molar-refractivity contribution >= 4 is 17.6 Å². The van der Waals surface area contributed by atoms with Gasteiger partial charge in [0.25, 0.3) is 0 Å². The zero-order valence-electron chi connectivity index (χ0n) is 10.9. The van der Waals surface area contributed by atoms with Gasteiger partial charge < -0.3 is 15.2 Å². The molecule has 2 saturated heterocycles. The van der Waals surface area contributed by atoms with Gasteiger partial charge in [-0.15, -0.1) is 0 Å². The quantitative estimate of drug-likeness (QED) is 0.891. The van der Waals surface area contributed by atoms with Crippen LogP contribution in [0.15, 0.2) is 18.2 Å². The number of amides is 1. The molecule has 0 aliphatic carbocycles. The second-order valence-electron chi connectivity index (χ2n) is 5.29. The third-order valence-corrected chi connectivity index (χ3v) is 4.05. The Balaban J connectivity index is 1.80. The van der Waals surface area contributed by atoms with E-state index in [0.717, 1.165) is 12.1 Å². The summed E-state index contributed by atoms with van der Waals surface area (Å²) in [6.07, 6.45) is 0.287. The first-order chi connectivity index (χ1) is 9.97. The second kappa shape index (κ2) is 5.07. The highest BCUT2D eigenvalue weighted by Crippen LogP contribution is 2.44. The summed E-state index contributed by atoms with van der Waals surface area (Å²) >= 11 is 0. The molecule has 1 amide bonds. The average molecular weight is 297 g/mol. The van der Waals surface area contributed by atoms with Crippen LogP contribution in [0.4, 0.5) is 14.5 Å². The van der Waals surface area contributed by atoms with Crippen molar-refractivity contribution in [1.82, 2.24) is 0 Å². The number of fused-ring (bicyclic) bond motifs is 2. The van der Waals surface area contributed by atoms with E-state index in [1.165, 1.54) is 0 Å². The second-order valence-corrected chi connectivity index (χ2v) is 5.29. The number of carboxylic acids is 1. The molecule has 0 radical (unpaired) electrons. The number of carbonyl (C=O) groups excluding carboxylic acids is 1. The lowest BCUT2D eigenvalue weighted by molar-refractivity contribution is -0.147. The maximum Gasteiger partial charge on any atom is 0.310 e. The van der Waals surface area contributed by atoms with Gasteiger partial charge in [0.05, 0.1) is 29.7 Å². The third kappa shape index (κ3) is 2.37. The van der Waals surface area contributed by atoms with Crippen molar-refractivity contribution in [2.75, 3.05) is 5.32 Å². The van der Waals surface area contributed by atoms with Crippen molar-refractivity contribution < 1.29 is 28.2 Å². The van der Waals surface area contributed by atoms with E-state index in [1.807, 2.05) is 0 Å². The minimum absolute atomic E-state index is 0.173. The Hall–Kier alpha value is -2.02. The molecule has 2 N–H and O–H groups in total. The molecule has 0 spiro atoms. The minimum Gasteiger partial charge on any atom is -0.481 e. The van der Waals surface area contributed by atoms with Crippen LogP contribution in [0.2, 0.25) is 0 Å². The molecule has 1 aromatic rings. The topological polar surface area (TPSA) is 75.6 Å². The van der Waals surface area contributed by atoms with E-state index >= 15 is 0 Å². The zero-order chi connectivity index (χ0) is 15.1. The molecule has 2 bridgehead atoms. The molecule has 1 aromatic carbocycles. The number of rotatable bonds is 3. The molecular weight excluding hydrogens is 284 g/mol. The zero-order valence-corrected chi connectivity index (χ0v) is 10.9. The number of halogens is 2. The molecule has 7 heteroatoms. The van der Waals surface area contributed by atoms with Crippen LogP contribution in [-0.2, 0) is 14.3 Å². The number of benzene rings is 1. The average Bonchev–Trinajstić information content (AvgIpc) is 3.02. The summed E-state index contributed by atoms with van der Waals surface area (Å²) < 4.78 is 31.8. The minimum atomic E-state index is -1.10. The molecular formula is C14H13F2NO4. The summed E-state index contributed by atoms with van der Waals surface area (Å²) in [6, 6.07) is 2.78. The van der Waals surface area contributed by atoms with Crippen molar-refractivity contribution in [2.45, 2.75) is 25.0 Å². The van der Waals surface area contributed by atoms with Gasteiger partial charge in [0.1, 0.15) is 11.6 Å². The van der Waals surface area contributed by atoms with Gasteiger partial charge in [0.2, 0.25) is 5.91 Å². The van der Waals surface area contributed by atoms with Crippen molar-refractivity contribution in [3.63, 3.8) is 0 Å². The molecule has 5 nitrogen and oxygen atoms in total. The van der Waals surface area contributed by atoms with Crippen LogP contribution in [0.25, 0.3) is 0 Å². The molecule has 2 aliphatic heterocycles. The molecule has 4 atom stereocenters. The largest absolute Gasteiger partial charge is 0.481 e. The Kier molecular flexibility index (Phi) is 3.36. The van der Waals surface area contributed by atoms with Crippen LogP contribution in [0.5, 0.6) is 0 Å². The Bertz CT molecular complexity index is 607. The fraction of sp³-hybridized carbons (Fsp3) is 0.429. The van der Waals surface area contributed by atoms with Crippen LogP contribution in [0, 0.1) is 23.5 Å². The van der Waals surface area contributed by atoms with E-state index in [9.17, 15) is 23.5 Å². The van der Waals surface area contributed by atoms with E-state index < -0.39 is 47.6 Å². The lowest BCUT2D eigenvalue weighted by Crippen LogP contribution is -2.41. The van der Waals surface area contributed by atoms with Crippen molar-refractivity contribution in [3.05, 3.63) is 29.8 Å². The fourth-order valence-electron chi connectivity index (χ4n) is 3.13. The standard InChI is InChI=1S/C14H13F2NO4/c15-6-1-2-8(7(16)5-6)17-13(18)11-9-3-4-10(21-9)12(11)14(19)20/h1-2,5,9-12H,3-4H2,(H,17,18)(H,19,20)/t9-,10-,11-,12-/m0/s1. The molecule has 112 valence electrons. The predicted octanol–water partition coefficient (Wildman–Crippen LogP) is 1.78. The summed E-state index contributed by atoms with van der Waals surface area (Å²) in [5, 5.41) is 11.6. The summed E-state index contributed by atoms with van der Waals surface area (Å²) in [7, 11) is 0. The maximum atomic E-state index is 13.5. The van der Waals surface area contributed by atoms with Crippen molar-refractivity contribution in [2.24, 2.45) is 11.8 Å². The fourth-order valence-corrected chi connectivity index (χ4v) is 3.13. The van der Waals surface area contributed by atoms with Gasteiger partial charge in [0, 0.05) is 6.07 Å². The highest BCUT2D eigenvalue weighted by molar-refractivity contribution is 5.96. The lowest BCUT2D eigenvalue weighted by atomic mass is 9.78. The van der Waals surface area contributed by atoms with E-state index in [1.54, 1.807) is 0 Å². The number of anilines is 1. The highest BCUT2D eigenvalue weighted by atomic mass is 19.1. The number of carboxylic acid groups (broad SMARTS) is 1. The summed E-state index contributed by atoms with van der Waals surface area (Å²) in [6.45, 7) is 0. The van der Waals surface area contributed by atoms with Gasteiger partial charge in [-0.1, -0.05) is 0 Å². The van der Waals surface area contributed by atoms with Gasteiger partial charge in [-0.25, -0.2) is 8.78 Å². The first-order valence-electron chi connectivity index (χ1n) is 6.61. The number of hydrogen-bond donors (Lipinski definition) is 2. The molecule has 0 saturated carbocycles. The maximum absolute atomic E-state index is 13.5. The first-order valence-corrected chi connectivity index (χ1v) is 6.61. The molecule has 0 unspecified atom stereocenters. The van der Waals surface area contributed by atoms with Gasteiger partial charge in [-0.05, 0) is 25.0 Å². The van der Waals surface area contributed by atoms with E-state index in [-0.39, 0.29) is 5.69 Å². The highest BCUT2D eigenvalue weighted by Gasteiger charge is 2.55. The normalized spacial score (nSPS) is 30.4. The van der Waals surface area contributed by atoms with Gasteiger partial charge in [-0.2, -0.15) is 0 Å². The lowest BCUT2D eigenvalue weighted by Gasteiger charge is -2.23. The Morgan fingerprint density at radius 3 is 2.48 bits per heavy atom. The van der Waals surface area contributed by atoms with Crippen molar-refractivity contribution in [3.8, 4) is 0 Å². The summed E-state index contributed by atoms with van der Waals surface area (Å²) in [5.41, 5.74) is -0.173.